The number of nitrogen functional groups attached to an aromatic ring is 1. The molecule has 414 valence electrons. The second-order valence-electron chi connectivity index (χ2n) is 15.1. The van der Waals surface area contributed by atoms with Crippen LogP contribution in [0.3, 0.4) is 0 Å². The fraction of sp³-hybridized carbons (Fsp3) is 0.318. The van der Waals surface area contributed by atoms with E-state index in [9.17, 15) is 65.6 Å². The van der Waals surface area contributed by atoms with Gasteiger partial charge < -0.3 is 66.9 Å². The zero-order valence-electron chi connectivity index (χ0n) is 39.4. The van der Waals surface area contributed by atoms with Crippen LogP contribution in [0, 0.1) is 22.7 Å². The molecule has 0 radical (unpaired) electrons. The van der Waals surface area contributed by atoms with Crippen LogP contribution in [0.25, 0.3) is 22.6 Å². The number of nitriles is 2. The first-order valence-corrected chi connectivity index (χ1v) is 22.4. The Bertz CT molecular complexity index is 2840. The third-order valence-electron chi connectivity index (χ3n) is 9.08. The molecule has 0 aliphatic rings. The Morgan fingerprint density at radius 1 is 0.740 bits per heavy atom. The molecule has 2 aromatic heterocycles. The van der Waals surface area contributed by atoms with Gasteiger partial charge in [0, 0.05) is 21.9 Å². The lowest BCUT2D eigenvalue weighted by Gasteiger charge is -2.22. The predicted octanol–water partition coefficient (Wildman–Crippen LogP) is 3.39. The lowest BCUT2D eigenvalue weighted by molar-refractivity contribution is -0.193. The number of alkyl halides is 6. The Kier molecular flexibility index (Phi) is 24.6. The maximum absolute atomic E-state index is 13.0. The summed E-state index contributed by atoms with van der Waals surface area (Å²) in [5.41, 5.74) is 18.8. The van der Waals surface area contributed by atoms with Crippen molar-refractivity contribution in [2.24, 2.45) is 11.5 Å². The quantitative estimate of drug-likeness (QED) is 0.0328. The molecular formula is C44H42ClF6N9O16S. The maximum Gasteiger partial charge on any atom is 0.490 e. The van der Waals surface area contributed by atoms with Crippen LogP contribution >= 0.6 is 23.4 Å². The first-order valence-electron chi connectivity index (χ1n) is 21.0. The van der Waals surface area contributed by atoms with Crippen LogP contribution in [0.4, 0.5) is 32.2 Å². The van der Waals surface area contributed by atoms with E-state index in [4.69, 9.17) is 77.4 Å². The highest BCUT2D eigenvalue weighted by molar-refractivity contribution is 7.98. The van der Waals surface area contributed by atoms with E-state index < -0.39 is 116 Å². The molecule has 33 heteroatoms. The zero-order chi connectivity index (χ0) is 58.5. The van der Waals surface area contributed by atoms with Crippen LogP contribution in [0.2, 0.25) is 5.02 Å². The predicted molar refractivity (Wildman–Crippen MR) is 249 cm³/mol. The summed E-state index contributed by atoms with van der Waals surface area (Å²) in [5.74, 6) is -11.5. The molecule has 0 bridgehead atoms. The van der Waals surface area contributed by atoms with Gasteiger partial charge in [0.2, 0.25) is 17.7 Å². The van der Waals surface area contributed by atoms with E-state index >= 15 is 0 Å². The largest absolute Gasteiger partial charge is 0.490 e. The first kappa shape index (κ1) is 64.4. The van der Waals surface area contributed by atoms with Crippen molar-refractivity contribution in [1.29, 1.82) is 10.5 Å². The monoisotopic (exact) mass is 1130 g/mol. The molecule has 4 rings (SSSR count). The number of nitrogens with two attached hydrogens (primary N) is 3. The second-order valence-corrected chi connectivity index (χ2v) is 16.5. The van der Waals surface area contributed by atoms with Gasteiger partial charge in [-0.15, -0.1) is 0 Å². The number of carbonyl (C=O) groups excluding carboxylic acids is 4. The van der Waals surface area contributed by atoms with Gasteiger partial charge in [-0.25, -0.2) is 29.1 Å². The molecule has 77 heavy (non-hydrogen) atoms. The Hall–Kier alpha value is -8.72. The van der Waals surface area contributed by atoms with Crippen LogP contribution in [-0.4, -0.2) is 134 Å². The number of aromatic nitrogens is 2. The molecule has 12 N–H and O–H groups in total. The molecule has 0 unspecified atom stereocenters. The van der Waals surface area contributed by atoms with Gasteiger partial charge >= 0.3 is 48.2 Å². The number of halogens is 7. The molecule has 0 aliphatic carbocycles. The molecule has 25 nitrogen and oxygen atoms in total. The Balaban J connectivity index is 0.00000127. The summed E-state index contributed by atoms with van der Waals surface area (Å²) in [6.07, 6.45) is -11.3. The van der Waals surface area contributed by atoms with E-state index in [-0.39, 0.29) is 39.0 Å². The van der Waals surface area contributed by atoms with Crippen LogP contribution in [0.15, 0.2) is 64.2 Å². The third kappa shape index (κ3) is 21.6. The van der Waals surface area contributed by atoms with Crippen LogP contribution < -0.4 is 32.6 Å². The molecule has 4 aromatic rings. The van der Waals surface area contributed by atoms with Crippen LogP contribution in [0.1, 0.15) is 43.5 Å². The van der Waals surface area contributed by atoms with Crippen molar-refractivity contribution in [2.75, 3.05) is 18.9 Å². The number of oxazole rings is 1. The number of aliphatic carboxylic acids is 4. The molecule has 2 heterocycles. The number of pyridine rings is 1. The Morgan fingerprint density at radius 3 is 1.66 bits per heavy atom. The van der Waals surface area contributed by atoms with Gasteiger partial charge in [0.15, 0.2) is 6.10 Å². The topological polar surface area (TPSA) is 434 Å². The summed E-state index contributed by atoms with van der Waals surface area (Å²) in [7, 11) is 0. The number of hydrogen-bond acceptors (Lipinski definition) is 20. The number of anilines is 1. The average molecular weight is 1130 g/mol. The summed E-state index contributed by atoms with van der Waals surface area (Å²) < 4.78 is 85.6. The molecule has 2 aromatic carbocycles. The number of hydrogen-bond donors (Lipinski definition) is 9. The van der Waals surface area contributed by atoms with E-state index in [1.165, 1.54) is 44.4 Å². The molecule has 2 amide bonds. The number of amides is 2. The number of rotatable bonds is 21. The van der Waals surface area contributed by atoms with Gasteiger partial charge in [0.1, 0.15) is 77.9 Å². The summed E-state index contributed by atoms with van der Waals surface area (Å²) in [4.78, 5) is 98.8. The minimum atomic E-state index is -5.08. The van der Waals surface area contributed by atoms with E-state index in [1.807, 2.05) is 6.07 Å². The molecule has 0 aliphatic heterocycles. The molecule has 0 spiro atoms. The van der Waals surface area contributed by atoms with Crippen molar-refractivity contribution in [1.82, 2.24) is 20.6 Å². The van der Waals surface area contributed by atoms with Gasteiger partial charge in [-0.05, 0) is 55.8 Å². The van der Waals surface area contributed by atoms with Crippen LogP contribution in [-0.2, 0) is 53.6 Å². The molecule has 0 fully saturated rings. The lowest BCUT2D eigenvalue weighted by Crippen LogP contribution is -2.46. The number of ether oxygens (including phenoxy) is 3. The Labute approximate surface area is 438 Å². The van der Waals surface area contributed by atoms with Gasteiger partial charge in [0.05, 0.1) is 24.1 Å². The van der Waals surface area contributed by atoms with Crippen molar-refractivity contribution >= 4 is 76.8 Å². The highest BCUT2D eigenvalue weighted by Crippen LogP contribution is 2.37. The first-order chi connectivity index (χ1) is 35.8. The number of benzene rings is 2. The molecule has 5 atom stereocenters. The minimum absolute atomic E-state index is 0.0499. The molecule has 0 saturated heterocycles. The zero-order valence-corrected chi connectivity index (χ0v) is 41.0. The fourth-order valence-electron chi connectivity index (χ4n) is 5.31. The number of thioether (sulfide) groups is 1. The van der Waals surface area contributed by atoms with Crippen molar-refractivity contribution < 1.29 is 104 Å². The number of nitrogens with zero attached hydrogens (tertiary/aromatic N) is 4. The molecule has 0 saturated carbocycles. The number of nitrogens with one attached hydrogen (secondary N) is 2. The van der Waals surface area contributed by atoms with Gasteiger partial charge in [-0.1, -0.05) is 35.5 Å². The smallest absolute Gasteiger partial charge is 0.490 e. The van der Waals surface area contributed by atoms with E-state index in [2.05, 4.69) is 26.7 Å². The van der Waals surface area contributed by atoms with Crippen molar-refractivity contribution in [3.8, 4) is 40.5 Å². The van der Waals surface area contributed by atoms with Gasteiger partial charge in [-0.2, -0.15) is 36.9 Å². The van der Waals surface area contributed by atoms with E-state index in [0.29, 0.717) is 27.7 Å². The third-order valence-corrected chi connectivity index (χ3v) is 10.3. The van der Waals surface area contributed by atoms with Crippen LogP contribution in [0.5, 0.6) is 5.75 Å². The van der Waals surface area contributed by atoms with Gasteiger partial charge in [-0.3, -0.25) is 19.2 Å². The number of carbonyl (C=O) groups is 8. The number of esters is 2. The average Bonchev–Trinajstić information content (AvgIpc) is 3.82. The van der Waals surface area contributed by atoms with Crippen molar-refractivity contribution in [2.45, 2.75) is 80.1 Å². The van der Waals surface area contributed by atoms with Crippen molar-refractivity contribution in [3.63, 3.8) is 0 Å². The maximum atomic E-state index is 13.0. The summed E-state index contributed by atoms with van der Waals surface area (Å²) in [6, 6.07) is 11.4. The minimum Gasteiger partial charge on any atom is -0.490 e. The highest BCUT2D eigenvalue weighted by Gasteiger charge is 2.39. The number of carboxylic acid groups (broad SMARTS) is 4. The summed E-state index contributed by atoms with van der Waals surface area (Å²) in [6.45, 7) is 1.43. The second kappa shape index (κ2) is 29.4. The van der Waals surface area contributed by atoms with Gasteiger partial charge in [0.25, 0.3) is 0 Å². The summed E-state index contributed by atoms with van der Waals surface area (Å²) >= 11 is 7.13. The number of carboxylic acids is 4. The molecular weight excluding hydrogens is 1090 g/mol. The normalized spacial score (nSPS) is 12.8. The van der Waals surface area contributed by atoms with E-state index in [1.54, 1.807) is 24.3 Å². The standard InChI is InChI=1S/C40H40ClN9O12S.2C2HF3O2/c1-19(47-31(51)11-29(44)37(53)54)39(57)61-17-26(62-40(58)20(2)48-32(52)12-30(45)38(55)56)16-59-25-9-5-21(6-10-25)33-27(13-42)34(46)50-36(28(33)14-43)63-18-24-15-60-35(49-24)22-3-7-23(41)8-4-22;2*3-2(4,5)1(6)7/h3-10,15,19-20,26,29-30H,11-12,16-18,44-45H2,1-2H3,(H2,46,50)(H,47,51)(H,48,52)(H,53,54)(H,55,56);2*(H,6,7)/t19-,20-,26-,29-,30-;;/m0../s1. The van der Waals surface area contributed by atoms with E-state index in [0.717, 1.165) is 11.8 Å². The fourth-order valence-corrected chi connectivity index (χ4v) is 6.31. The van der Waals surface area contributed by atoms with Crippen molar-refractivity contribution in [3.05, 3.63) is 76.6 Å². The lowest BCUT2D eigenvalue weighted by atomic mass is 9.97. The summed E-state index contributed by atoms with van der Waals surface area (Å²) in [5, 5.41) is 57.8. The SMILES string of the molecule is C[C@H](NC(=O)C[C@H](N)C(=O)O)C(=O)OC[C@H](COc1ccc(-c2c(C#N)c(N)nc(SCc3coc(-c4ccc(Cl)cc4)n3)c2C#N)cc1)OC(=O)[C@H](C)NC(=O)C[C@H](N)C(=O)O.O=C(O)C(F)(F)F.O=C(O)C(F)(F)F. The Morgan fingerprint density at radius 2 is 1.21 bits per heavy atom. The highest BCUT2D eigenvalue weighted by atomic mass is 35.5.